The standard InChI is InChI=1S/C31H41N5O5S/c1-19-21(3)42-29-26(19)27(32-20(2)28-34-33-22(4)36(28)29)23-8-10-24(11-9-23)39-16-14-38-15-17-40-25-12-13-35(18-25)30(37)41-31(5,6)7/h8-11,20,25H,12-18H2,1-7H3/t20-,25+/m0/s1. The molecule has 0 radical (unpaired) electrons. The van der Waals surface area contributed by atoms with E-state index in [0.29, 0.717) is 39.5 Å². The maximum atomic E-state index is 12.2. The topological polar surface area (TPSA) is 100 Å². The fraction of sp³-hybridized carbons (Fsp3) is 0.548. The molecular formula is C31H41N5O5S. The Kier molecular flexibility index (Phi) is 9.00. The van der Waals surface area contributed by atoms with Crippen LogP contribution in [0.4, 0.5) is 4.79 Å². The first kappa shape index (κ1) is 30.2. The molecule has 4 heterocycles. The second kappa shape index (κ2) is 12.5. The molecule has 10 nitrogen and oxygen atoms in total. The highest BCUT2D eigenvalue weighted by Gasteiger charge is 2.31. The first-order valence-electron chi connectivity index (χ1n) is 14.5. The molecule has 0 aliphatic carbocycles. The highest BCUT2D eigenvalue weighted by molar-refractivity contribution is 7.15. The number of aryl methyl sites for hydroxylation is 2. The van der Waals surface area contributed by atoms with Crippen molar-refractivity contribution in [2.45, 2.75) is 72.6 Å². The largest absolute Gasteiger partial charge is 0.491 e. The predicted molar refractivity (Wildman–Crippen MR) is 162 cm³/mol. The van der Waals surface area contributed by atoms with Gasteiger partial charge in [0.2, 0.25) is 0 Å². The zero-order valence-corrected chi connectivity index (χ0v) is 26.4. The molecule has 0 N–H and O–H groups in total. The average molecular weight is 596 g/mol. The smallest absolute Gasteiger partial charge is 0.410 e. The predicted octanol–water partition coefficient (Wildman–Crippen LogP) is 5.59. The van der Waals surface area contributed by atoms with Crippen molar-refractivity contribution in [1.29, 1.82) is 0 Å². The van der Waals surface area contributed by atoms with E-state index in [9.17, 15) is 4.79 Å². The Labute approximate surface area is 251 Å². The highest BCUT2D eigenvalue weighted by atomic mass is 32.1. The van der Waals surface area contributed by atoms with Gasteiger partial charge in [0.05, 0.1) is 38.2 Å². The molecule has 3 aromatic rings. The first-order chi connectivity index (χ1) is 20.0. The van der Waals surface area contributed by atoms with Gasteiger partial charge in [0.1, 0.15) is 34.8 Å². The average Bonchev–Trinajstić information content (AvgIpc) is 3.62. The van der Waals surface area contributed by atoms with Crippen molar-refractivity contribution in [3.8, 4) is 10.8 Å². The first-order valence-corrected chi connectivity index (χ1v) is 15.3. The van der Waals surface area contributed by atoms with Crippen LogP contribution in [0, 0.1) is 20.8 Å². The van der Waals surface area contributed by atoms with Gasteiger partial charge < -0.3 is 23.8 Å². The summed E-state index contributed by atoms with van der Waals surface area (Å²) in [6.45, 7) is 17.0. The van der Waals surface area contributed by atoms with Crippen LogP contribution in [-0.2, 0) is 14.2 Å². The minimum absolute atomic E-state index is 0.0109. The van der Waals surface area contributed by atoms with E-state index >= 15 is 0 Å². The summed E-state index contributed by atoms with van der Waals surface area (Å²) in [5.74, 6) is 2.51. The molecule has 11 heteroatoms. The van der Waals surface area contributed by atoms with Crippen LogP contribution in [0.15, 0.2) is 29.3 Å². The van der Waals surface area contributed by atoms with Crippen LogP contribution in [0.2, 0.25) is 0 Å². The van der Waals surface area contributed by atoms with Crippen LogP contribution in [0.3, 0.4) is 0 Å². The van der Waals surface area contributed by atoms with Crippen molar-refractivity contribution in [1.82, 2.24) is 19.7 Å². The quantitative estimate of drug-likeness (QED) is 0.298. The third kappa shape index (κ3) is 6.68. The number of aliphatic imine (C=N–C) groups is 1. The molecule has 1 amide bonds. The lowest BCUT2D eigenvalue weighted by atomic mass is 9.99. The number of ether oxygens (including phenoxy) is 4. The van der Waals surface area contributed by atoms with E-state index in [4.69, 9.17) is 23.9 Å². The molecule has 2 aliphatic rings. The summed E-state index contributed by atoms with van der Waals surface area (Å²) in [4.78, 5) is 20.3. The van der Waals surface area contributed by atoms with Gasteiger partial charge in [-0.15, -0.1) is 21.5 Å². The maximum Gasteiger partial charge on any atom is 0.410 e. The lowest BCUT2D eigenvalue weighted by Crippen LogP contribution is -2.36. The van der Waals surface area contributed by atoms with E-state index in [-0.39, 0.29) is 18.2 Å². The monoisotopic (exact) mass is 595 g/mol. The van der Waals surface area contributed by atoms with E-state index in [2.05, 4.69) is 47.7 Å². The Hall–Kier alpha value is -3.28. The minimum Gasteiger partial charge on any atom is -0.491 e. The van der Waals surface area contributed by atoms with Crippen molar-refractivity contribution in [3.05, 3.63) is 57.5 Å². The van der Waals surface area contributed by atoms with Gasteiger partial charge in [-0.2, -0.15) is 0 Å². The number of fused-ring (bicyclic) bond motifs is 3. The second-order valence-corrected chi connectivity index (χ2v) is 13.0. The summed E-state index contributed by atoms with van der Waals surface area (Å²) in [5.41, 5.74) is 3.89. The molecule has 1 saturated heterocycles. The number of carbonyl (C=O) groups excluding carboxylic acids is 1. The molecular weight excluding hydrogens is 554 g/mol. The number of amides is 1. The van der Waals surface area contributed by atoms with E-state index < -0.39 is 5.60 Å². The Bertz CT molecular complexity index is 1440. The maximum absolute atomic E-state index is 12.2. The number of thiophene rings is 1. The van der Waals surface area contributed by atoms with Crippen LogP contribution >= 0.6 is 11.3 Å². The molecule has 0 unspecified atom stereocenters. The number of likely N-dealkylation sites (tertiary alicyclic amines) is 1. The molecule has 2 atom stereocenters. The molecule has 42 heavy (non-hydrogen) atoms. The fourth-order valence-corrected chi connectivity index (χ4v) is 6.35. The van der Waals surface area contributed by atoms with Gasteiger partial charge in [0.25, 0.3) is 0 Å². The third-order valence-corrected chi connectivity index (χ3v) is 8.55. The van der Waals surface area contributed by atoms with Gasteiger partial charge in [0.15, 0.2) is 5.82 Å². The molecule has 0 saturated carbocycles. The number of nitrogens with zero attached hydrogens (tertiary/aromatic N) is 5. The third-order valence-electron chi connectivity index (χ3n) is 7.36. The van der Waals surface area contributed by atoms with E-state index in [1.165, 1.54) is 10.4 Å². The molecule has 1 fully saturated rings. The van der Waals surface area contributed by atoms with Crippen LogP contribution < -0.4 is 4.74 Å². The van der Waals surface area contributed by atoms with E-state index in [1.54, 1.807) is 16.2 Å². The number of aromatic nitrogens is 3. The Morgan fingerprint density at radius 2 is 1.79 bits per heavy atom. The van der Waals surface area contributed by atoms with Crippen molar-refractivity contribution < 1.29 is 23.7 Å². The van der Waals surface area contributed by atoms with Crippen molar-refractivity contribution in [2.75, 3.05) is 39.5 Å². The summed E-state index contributed by atoms with van der Waals surface area (Å²) in [6.07, 6.45) is 0.530. The molecule has 5 rings (SSSR count). The number of hydrogen-bond acceptors (Lipinski definition) is 9. The van der Waals surface area contributed by atoms with Crippen LogP contribution in [-0.4, -0.2) is 82.7 Å². The Balaban J connectivity index is 1.08. The fourth-order valence-electron chi connectivity index (χ4n) is 5.14. The van der Waals surface area contributed by atoms with E-state index in [1.807, 2.05) is 39.8 Å². The van der Waals surface area contributed by atoms with Crippen LogP contribution in [0.25, 0.3) is 5.00 Å². The van der Waals surface area contributed by atoms with Gasteiger partial charge in [-0.25, -0.2) is 4.79 Å². The number of hydrogen-bond donors (Lipinski definition) is 0. The molecule has 2 aromatic heterocycles. The Morgan fingerprint density at radius 1 is 1.05 bits per heavy atom. The second-order valence-electron chi connectivity index (χ2n) is 11.8. The zero-order valence-electron chi connectivity index (χ0n) is 25.6. The summed E-state index contributed by atoms with van der Waals surface area (Å²) >= 11 is 1.76. The minimum atomic E-state index is -0.494. The van der Waals surface area contributed by atoms with Gasteiger partial charge in [-0.3, -0.25) is 9.56 Å². The zero-order chi connectivity index (χ0) is 30.0. The number of rotatable bonds is 9. The summed E-state index contributed by atoms with van der Waals surface area (Å²) in [7, 11) is 0. The molecule has 0 bridgehead atoms. The van der Waals surface area contributed by atoms with E-state index in [0.717, 1.165) is 45.7 Å². The molecule has 2 aliphatic heterocycles. The van der Waals surface area contributed by atoms with Crippen LogP contribution in [0.1, 0.15) is 73.4 Å². The molecule has 226 valence electrons. The summed E-state index contributed by atoms with van der Waals surface area (Å²) < 4.78 is 25.1. The number of carbonyl (C=O) groups is 1. The molecule has 0 spiro atoms. The van der Waals surface area contributed by atoms with Crippen molar-refractivity contribution in [2.24, 2.45) is 4.99 Å². The summed E-state index contributed by atoms with van der Waals surface area (Å²) in [5, 5.41) is 9.88. The van der Waals surface area contributed by atoms with Crippen molar-refractivity contribution in [3.63, 3.8) is 0 Å². The normalized spacial score (nSPS) is 18.4. The van der Waals surface area contributed by atoms with Gasteiger partial charge >= 0.3 is 6.09 Å². The molecule has 1 aromatic carbocycles. The Morgan fingerprint density at radius 3 is 2.52 bits per heavy atom. The van der Waals surface area contributed by atoms with Gasteiger partial charge in [-0.05, 0) is 84.7 Å². The van der Waals surface area contributed by atoms with Crippen LogP contribution in [0.5, 0.6) is 5.75 Å². The van der Waals surface area contributed by atoms with Crippen molar-refractivity contribution >= 4 is 23.1 Å². The lowest BCUT2D eigenvalue weighted by molar-refractivity contribution is -0.00146. The highest BCUT2D eigenvalue weighted by Crippen LogP contribution is 2.38. The summed E-state index contributed by atoms with van der Waals surface area (Å²) in [6, 6.07) is 7.97. The van der Waals surface area contributed by atoms with Gasteiger partial charge in [0, 0.05) is 22.5 Å². The number of benzene rings is 1. The lowest BCUT2D eigenvalue weighted by Gasteiger charge is -2.24. The van der Waals surface area contributed by atoms with Gasteiger partial charge in [-0.1, -0.05) is 0 Å². The SMILES string of the molecule is Cc1sc2c(c1C)C(c1ccc(OCCOCCO[C@@H]3CCN(C(=O)OC(C)(C)C)C3)cc1)=N[C@@H](C)c1nnc(C)n1-2.